The number of benzene rings is 2. The molecule has 0 saturated heterocycles. The molecular weight excluding hydrogens is 459 g/mol. The largest absolute Gasteiger partial charge is 0.450 e. The van der Waals surface area contributed by atoms with Gasteiger partial charge in [-0.15, -0.1) is 11.3 Å². The molecule has 3 heterocycles. The summed E-state index contributed by atoms with van der Waals surface area (Å²) >= 11 is 4.61. The number of nitrogens with zero attached hydrogens (tertiary/aromatic N) is 2. The Kier molecular flexibility index (Phi) is 4.15. The predicted molar refractivity (Wildman–Crippen MR) is 112 cm³/mol. The number of halogens is 2. The van der Waals surface area contributed by atoms with Crippen molar-refractivity contribution >= 4 is 49.3 Å². The average Bonchev–Trinajstić information content (AvgIpc) is 3.24. The zero-order chi connectivity index (χ0) is 20.3. The number of thiazole rings is 1. The van der Waals surface area contributed by atoms with Crippen LogP contribution in [0.3, 0.4) is 0 Å². The third-order valence-corrected chi connectivity index (χ3v) is 6.30. The summed E-state index contributed by atoms with van der Waals surface area (Å²) in [5, 5.41) is 2.51. The van der Waals surface area contributed by atoms with Crippen molar-refractivity contribution in [2.24, 2.45) is 0 Å². The van der Waals surface area contributed by atoms with E-state index in [1.54, 1.807) is 48.7 Å². The molecule has 0 fully saturated rings. The zero-order valence-electron chi connectivity index (χ0n) is 15.0. The van der Waals surface area contributed by atoms with Crippen molar-refractivity contribution in [2.75, 3.05) is 4.90 Å². The van der Waals surface area contributed by atoms with E-state index in [2.05, 4.69) is 20.9 Å². The van der Waals surface area contributed by atoms with Crippen LogP contribution < -0.4 is 10.3 Å². The normalized spacial score (nSPS) is 15.9. The Hall–Kier alpha value is -2.84. The van der Waals surface area contributed by atoms with Crippen LogP contribution in [-0.2, 0) is 0 Å². The molecule has 2 aromatic carbocycles. The third-order valence-electron chi connectivity index (χ3n) is 4.84. The second-order valence-electron chi connectivity index (χ2n) is 6.69. The average molecular weight is 471 g/mol. The first-order chi connectivity index (χ1) is 14.0. The molecule has 1 atom stereocenters. The molecule has 1 aliphatic rings. The summed E-state index contributed by atoms with van der Waals surface area (Å²) in [6.07, 6.45) is 0. The van der Waals surface area contributed by atoms with E-state index in [4.69, 9.17) is 4.42 Å². The predicted octanol–water partition coefficient (Wildman–Crippen LogP) is 5.21. The van der Waals surface area contributed by atoms with Crippen LogP contribution in [0.25, 0.3) is 11.0 Å². The number of aryl methyl sites for hydroxylation is 1. The van der Waals surface area contributed by atoms with Crippen LogP contribution in [0, 0.1) is 12.7 Å². The lowest BCUT2D eigenvalue weighted by atomic mass is 9.98. The third kappa shape index (κ3) is 2.74. The molecule has 29 heavy (non-hydrogen) atoms. The van der Waals surface area contributed by atoms with Crippen molar-refractivity contribution in [1.82, 2.24) is 4.98 Å². The number of anilines is 1. The summed E-state index contributed by atoms with van der Waals surface area (Å²) in [4.78, 5) is 32.4. The lowest BCUT2D eigenvalue weighted by Gasteiger charge is -2.22. The van der Waals surface area contributed by atoms with Crippen molar-refractivity contribution in [3.63, 3.8) is 0 Å². The molecule has 0 N–H and O–H groups in total. The van der Waals surface area contributed by atoms with Gasteiger partial charge < -0.3 is 4.42 Å². The van der Waals surface area contributed by atoms with Crippen LogP contribution >= 0.6 is 27.3 Å². The van der Waals surface area contributed by atoms with E-state index in [9.17, 15) is 14.0 Å². The minimum Gasteiger partial charge on any atom is -0.450 e. The summed E-state index contributed by atoms with van der Waals surface area (Å²) in [7, 11) is 0. The summed E-state index contributed by atoms with van der Waals surface area (Å²) in [6, 6.07) is 10.2. The molecule has 4 aromatic rings. The highest BCUT2D eigenvalue weighted by molar-refractivity contribution is 9.10. The molecule has 5 nitrogen and oxygen atoms in total. The molecule has 1 aliphatic heterocycles. The number of hydrogen-bond donors (Lipinski definition) is 0. The SMILES string of the molecule is Cc1csc(N2C(=O)c3oc4ccc(Br)cc4c(=O)c3[C@H]2c2ccccc2F)n1. The first-order valence-corrected chi connectivity index (χ1v) is 10.4. The van der Waals surface area contributed by atoms with E-state index >= 15 is 0 Å². The Morgan fingerprint density at radius 3 is 2.72 bits per heavy atom. The van der Waals surface area contributed by atoms with Gasteiger partial charge in [-0.1, -0.05) is 34.1 Å². The fourth-order valence-corrected chi connectivity index (χ4v) is 4.77. The Bertz CT molecular complexity index is 1360. The number of hydrogen-bond acceptors (Lipinski definition) is 5. The Balaban J connectivity index is 1.86. The van der Waals surface area contributed by atoms with Gasteiger partial charge in [0.15, 0.2) is 10.6 Å². The van der Waals surface area contributed by atoms with E-state index in [-0.39, 0.29) is 22.3 Å². The molecule has 0 saturated carbocycles. The molecular formula is C21H12BrFN2O3S. The summed E-state index contributed by atoms with van der Waals surface area (Å²) in [5.74, 6) is -1.10. The Labute approximate surface area is 176 Å². The smallest absolute Gasteiger partial charge is 0.297 e. The van der Waals surface area contributed by atoms with E-state index in [0.29, 0.717) is 20.6 Å². The number of rotatable bonds is 2. The van der Waals surface area contributed by atoms with Gasteiger partial charge in [-0.2, -0.15) is 0 Å². The van der Waals surface area contributed by atoms with Crippen molar-refractivity contribution in [2.45, 2.75) is 13.0 Å². The zero-order valence-corrected chi connectivity index (χ0v) is 17.4. The van der Waals surface area contributed by atoms with E-state index in [1.165, 1.54) is 22.3 Å². The molecule has 144 valence electrons. The summed E-state index contributed by atoms with van der Waals surface area (Å²) < 4.78 is 21.3. The fraction of sp³-hybridized carbons (Fsp3) is 0.0952. The first kappa shape index (κ1) is 18.2. The van der Waals surface area contributed by atoms with Gasteiger partial charge in [-0.3, -0.25) is 14.5 Å². The van der Waals surface area contributed by atoms with Crippen LogP contribution in [0.4, 0.5) is 9.52 Å². The Morgan fingerprint density at radius 2 is 2.00 bits per heavy atom. The highest BCUT2D eigenvalue weighted by atomic mass is 79.9. The number of fused-ring (bicyclic) bond motifs is 2. The number of aromatic nitrogens is 1. The Morgan fingerprint density at radius 1 is 1.21 bits per heavy atom. The lowest BCUT2D eigenvalue weighted by Crippen LogP contribution is -2.30. The second kappa shape index (κ2) is 6.60. The maximum absolute atomic E-state index is 14.8. The monoisotopic (exact) mass is 470 g/mol. The second-order valence-corrected chi connectivity index (χ2v) is 8.44. The molecule has 2 aromatic heterocycles. The maximum atomic E-state index is 14.8. The van der Waals surface area contributed by atoms with Crippen LogP contribution in [-0.4, -0.2) is 10.9 Å². The topological polar surface area (TPSA) is 63.4 Å². The molecule has 0 unspecified atom stereocenters. The lowest BCUT2D eigenvalue weighted by molar-refractivity contribution is 0.0970. The van der Waals surface area contributed by atoms with Crippen LogP contribution in [0.5, 0.6) is 0 Å². The summed E-state index contributed by atoms with van der Waals surface area (Å²) in [6.45, 7) is 1.81. The maximum Gasteiger partial charge on any atom is 0.297 e. The number of carbonyl (C=O) groups excluding carboxylic acids is 1. The minimum atomic E-state index is -0.955. The fourth-order valence-electron chi connectivity index (χ4n) is 3.59. The molecule has 0 radical (unpaired) electrons. The molecule has 1 amide bonds. The van der Waals surface area contributed by atoms with Gasteiger partial charge in [-0.25, -0.2) is 9.37 Å². The van der Waals surface area contributed by atoms with Gasteiger partial charge in [-0.05, 0) is 31.2 Å². The first-order valence-electron chi connectivity index (χ1n) is 8.72. The van der Waals surface area contributed by atoms with Gasteiger partial charge in [0.1, 0.15) is 17.4 Å². The standard InChI is InChI=1S/C21H12BrFN2O3S/c1-10-9-29-21(24-10)25-17(12-4-2-3-5-14(12)23)16-18(26)13-8-11(22)6-7-15(13)28-19(16)20(25)27/h2-9,17H,1H3/t17-/m1/s1. The van der Waals surface area contributed by atoms with Gasteiger partial charge >= 0.3 is 0 Å². The summed E-state index contributed by atoms with van der Waals surface area (Å²) in [5.41, 5.74) is 1.01. The van der Waals surface area contributed by atoms with Crippen molar-refractivity contribution in [1.29, 1.82) is 0 Å². The molecule has 5 rings (SSSR count). The minimum absolute atomic E-state index is 0.0778. The van der Waals surface area contributed by atoms with Gasteiger partial charge in [0.05, 0.1) is 16.6 Å². The number of amides is 1. The van der Waals surface area contributed by atoms with Gasteiger partial charge in [0.25, 0.3) is 5.91 Å². The van der Waals surface area contributed by atoms with Crippen LogP contribution in [0.15, 0.2) is 61.5 Å². The van der Waals surface area contributed by atoms with Crippen molar-refractivity contribution in [3.05, 3.63) is 90.9 Å². The number of carbonyl (C=O) groups is 1. The van der Waals surface area contributed by atoms with E-state index in [1.807, 2.05) is 0 Å². The molecule has 8 heteroatoms. The van der Waals surface area contributed by atoms with Gasteiger partial charge in [0.2, 0.25) is 5.76 Å². The van der Waals surface area contributed by atoms with E-state index in [0.717, 1.165) is 5.69 Å². The highest BCUT2D eigenvalue weighted by Crippen LogP contribution is 2.42. The van der Waals surface area contributed by atoms with Crippen molar-refractivity contribution < 1.29 is 13.6 Å². The highest BCUT2D eigenvalue weighted by Gasteiger charge is 2.45. The molecule has 0 bridgehead atoms. The van der Waals surface area contributed by atoms with Crippen LogP contribution in [0.2, 0.25) is 0 Å². The van der Waals surface area contributed by atoms with Crippen LogP contribution in [0.1, 0.15) is 33.4 Å². The van der Waals surface area contributed by atoms with Crippen molar-refractivity contribution in [3.8, 4) is 0 Å². The van der Waals surface area contributed by atoms with Gasteiger partial charge in [0, 0.05) is 15.4 Å². The van der Waals surface area contributed by atoms with E-state index < -0.39 is 17.8 Å². The quantitative estimate of drug-likeness (QED) is 0.403. The molecule has 0 spiro atoms. The molecule has 0 aliphatic carbocycles.